The summed E-state index contributed by atoms with van der Waals surface area (Å²) in [4.78, 5) is 4.66. The van der Waals surface area contributed by atoms with Gasteiger partial charge in [0.15, 0.2) is 0 Å². The molecule has 0 bridgehead atoms. The predicted octanol–water partition coefficient (Wildman–Crippen LogP) is 2.53. The molecule has 3 rings (SSSR count). The molecule has 98 valence electrons. The Bertz CT molecular complexity index is 346. The number of aryl methyl sites for hydroxylation is 1. The van der Waals surface area contributed by atoms with Crippen LogP contribution in [0.1, 0.15) is 43.1 Å². The van der Waals surface area contributed by atoms with Crippen molar-refractivity contribution in [2.75, 3.05) is 13.1 Å². The Balaban J connectivity index is 0.000000722. The molecule has 1 saturated heterocycles. The van der Waals surface area contributed by atoms with Gasteiger partial charge in [0.05, 0.1) is 0 Å². The van der Waals surface area contributed by atoms with Crippen molar-refractivity contribution < 1.29 is 0 Å². The Labute approximate surface area is 115 Å². The predicted molar refractivity (Wildman–Crippen MR) is 74.5 cm³/mol. The number of rotatable bonds is 1. The van der Waals surface area contributed by atoms with Crippen LogP contribution in [0.15, 0.2) is 6.20 Å². The molecular formula is C12H21Cl2N3. The molecule has 0 atom stereocenters. The fourth-order valence-corrected chi connectivity index (χ4v) is 2.87. The Morgan fingerprint density at radius 3 is 2.71 bits per heavy atom. The van der Waals surface area contributed by atoms with Crippen LogP contribution in [0.4, 0.5) is 0 Å². The lowest BCUT2D eigenvalue weighted by atomic mass is 9.97. The number of nitrogens with zero attached hydrogens (tertiary/aromatic N) is 2. The van der Waals surface area contributed by atoms with Gasteiger partial charge in [-0.2, -0.15) is 0 Å². The average molecular weight is 278 g/mol. The van der Waals surface area contributed by atoms with Crippen LogP contribution in [0, 0.1) is 0 Å². The molecule has 1 aromatic heterocycles. The lowest BCUT2D eigenvalue weighted by molar-refractivity contribution is 0.416. The van der Waals surface area contributed by atoms with Gasteiger partial charge in [-0.1, -0.05) is 0 Å². The van der Waals surface area contributed by atoms with Gasteiger partial charge in [0, 0.05) is 24.4 Å². The number of nitrogens with one attached hydrogen (secondary N) is 1. The highest BCUT2D eigenvalue weighted by Gasteiger charge is 2.22. The summed E-state index contributed by atoms with van der Waals surface area (Å²) in [5.74, 6) is 2.07. The van der Waals surface area contributed by atoms with E-state index in [0.717, 1.165) is 13.1 Å². The minimum Gasteiger partial charge on any atom is -0.332 e. The minimum atomic E-state index is 0. The van der Waals surface area contributed by atoms with Crippen LogP contribution < -0.4 is 5.32 Å². The van der Waals surface area contributed by atoms with Gasteiger partial charge in [0.2, 0.25) is 0 Å². The van der Waals surface area contributed by atoms with Crippen LogP contribution in [0.2, 0.25) is 0 Å². The molecular weight excluding hydrogens is 257 g/mol. The number of aromatic nitrogens is 2. The summed E-state index contributed by atoms with van der Waals surface area (Å²) >= 11 is 0. The van der Waals surface area contributed by atoms with Crippen molar-refractivity contribution in [2.24, 2.45) is 0 Å². The zero-order valence-electron chi connectivity index (χ0n) is 10.0. The lowest BCUT2D eigenvalue weighted by Crippen LogP contribution is -2.28. The smallest absolute Gasteiger partial charge is 0.112 e. The number of fused-ring (bicyclic) bond motifs is 1. The van der Waals surface area contributed by atoms with Gasteiger partial charge in [-0.15, -0.1) is 24.8 Å². The van der Waals surface area contributed by atoms with E-state index in [1.54, 1.807) is 0 Å². The van der Waals surface area contributed by atoms with Crippen LogP contribution >= 0.6 is 24.8 Å². The van der Waals surface area contributed by atoms with Gasteiger partial charge in [-0.25, -0.2) is 4.98 Å². The van der Waals surface area contributed by atoms with E-state index in [9.17, 15) is 0 Å². The molecule has 5 heteroatoms. The van der Waals surface area contributed by atoms with E-state index >= 15 is 0 Å². The normalized spacial score (nSPS) is 20.0. The van der Waals surface area contributed by atoms with Crippen molar-refractivity contribution in [3.05, 3.63) is 17.7 Å². The number of hydrogen-bond acceptors (Lipinski definition) is 2. The van der Waals surface area contributed by atoms with Crippen LogP contribution in [-0.2, 0) is 13.0 Å². The topological polar surface area (TPSA) is 29.9 Å². The number of halogens is 2. The second-order valence-electron chi connectivity index (χ2n) is 4.74. The monoisotopic (exact) mass is 277 g/mol. The molecule has 0 aliphatic carbocycles. The molecule has 0 radical (unpaired) electrons. The minimum absolute atomic E-state index is 0. The molecule has 3 heterocycles. The van der Waals surface area contributed by atoms with E-state index < -0.39 is 0 Å². The molecule has 0 amide bonds. The van der Waals surface area contributed by atoms with Gasteiger partial charge < -0.3 is 9.88 Å². The molecule has 1 aromatic rings. The quantitative estimate of drug-likeness (QED) is 0.855. The SMILES string of the molecule is Cl.Cl.c1nc(C2CCNCC2)n2c1CCCC2. The maximum atomic E-state index is 4.66. The lowest BCUT2D eigenvalue weighted by Gasteiger charge is -2.25. The Hall–Kier alpha value is -0.250. The summed E-state index contributed by atoms with van der Waals surface area (Å²) in [6.45, 7) is 3.52. The van der Waals surface area contributed by atoms with E-state index in [1.807, 2.05) is 0 Å². The van der Waals surface area contributed by atoms with Gasteiger partial charge in [0.25, 0.3) is 0 Å². The first-order valence-electron chi connectivity index (χ1n) is 6.20. The first-order chi connectivity index (χ1) is 7.45. The fraction of sp³-hybridized carbons (Fsp3) is 0.750. The number of piperidine rings is 1. The zero-order chi connectivity index (χ0) is 10.1. The molecule has 0 aromatic carbocycles. The largest absolute Gasteiger partial charge is 0.332 e. The van der Waals surface area contributed by atoms with E-state index in [1.165, 1.54) is 50.2 Å². The standard InChI is InChI=1S/C12H19N3.2ClH/c1-2-8-15-11(3-1)9-14-12(15)10-4-6-13-7-5-10;;/h9-10,13H,1-8H2;2*1H. The second kappa shape index (κ2) is 6.62. The summed E-state index contributed by atoms with van der Waals surface area (Å²) in [6, 6.07) is 0. The highest BCUT2D eigenvalue weighted by molar-refractivity contribution is 5.85. The summed E-state index contributed by atoms with van der Waals surface area (Å²) in [5, 5.41) is 3.42. The first kappa shape index (κ1) is 14.8. The Morgan fingerprint density at radius 1 is 1.18 bits per heavy atom. The Morgan fingerprint density at radius 2 is 1.94 bits per heavy atom. The summed E-state index contributed by atoms with van der Waals surface area (Å²) in [5.41, 5.74) is 1.47. The van der Waals surface area contributed by atoms with E-state index in [4.69, 9.17) is 0 Å². The molecule has 0 spiro atoms. The first-order valence-corrected chi connectivity index (χ1v) is 6.20. The third-order valence-electron chi connectivity index (χ3n) is 3.74. The van der Waals surface area contributed by atoms with E-state index in [2.05, 4.69) is 21.1 Å². The van der Waals surface area contributed by atoms with E-state index in [-0.39, 0.29) is 24.8 Å². The summed E-state index contributed by atoms with van der Waals surface area (Å²) in [6.07, 6.45) is 8.54. The molecule has 2 aliphatic rings. The van der Waals surface area contributed by atoms with Crippen molar-refractivity contribution in [2.45, 2.75) is 44.6 Å². The molecule has 1 fully saturated rings. The average Bonchev–Trinajstić information content (AvgIpc) is 2.74. The van der Waals surface area contributed by atoms with Crippen LogP contribution in [-0.4, -0.2) is 22.6 Å². The van der Waals surface area contributed by atoms with Gasteiger partial charge >= 0.3 is 0 Å². The Kier molecular flexibility index (Phi) is 5.77. The molecule has 0 saturated carbocycles. The maximum absolute atomic E-state index is 4.66. The molecule has 3 nitrogen and oxygen atoms in total. The van der Waals surface area contributed by atoms with E-state index in [0.29, 0.717) is 5.92 Å². The second-order valence-corrected chi connectivity index (χ2v) is 4.74. The maximum Gasteiger partial charge on any atom is 0.112 e. The van der Waals surface area contributed by atoms with Gasteiger partial charge in [-0.05, 0) is 45.2 Å². The molecule has 17 heavy (non-hydrogen) atoms. The summed E-state index contributed by atoms with van der Waals surface area (Å²) < 4.78 is 2.49. The van der Waals surface area contributed by atoms with Gasteiger partial charge in [-0.3, -0.25) is 0 Å². The highest BCUT2D eigenvalue weighted by Crippen LogP contribution is 2.27. The van der Waals surface area contributed by atoms with Crippen molar-refractivity contribution in [3.63, 3.8) is 0 Å². The third kappa shape index (κ3) is 2.95. The number of imidazole rings is 1. The third-order valence-corrected chi connectivity index (χ3v) is 3.74. The van der Waals surface area contributed by atoms with Crippen molar-refractivity contribution >= 4 is 24.8 Å². The highest BCUT2D eigenvalue weighted by atomic mass is 35.5. The van der Waals surface area contributed by atoms with Crippen molar-refractivity contribution in [1.82, 2.24) is 14.9 Å². The van der Waals surface area contributed by atoms with Crippen molar-refractivity contribution in [1.29, 1.82) is 0 Å². The van der Waals surface area contributed by atoms with Crippen LogP contribution in [0.3, 0.4) is 0 Å². The molecule has 0 unspecified atom stereocenters. The van der Waals surface area contributed by atoms with Gasteiger partial charge in [0.1, 0.15) is 5.82 Å². The fourth-order valence-electron chi connectivity index (χ4n) is 2.87. The van der Waals surface area contributed by atoms with Crippen molar-refractivity contribution in [3.8, 4) is 0 Å². The molecule has 1 N–H and O–H groups in total. The number of hydrogen-bond donors (Lipinski definition) is 1. The molecule has 2 aliphatic heterocycles. The summed E-state index contributed by atoms with van der Waals surface area (Å²) in [7, 11) is 0. The zero-order valence-corrected chi connectivity index (χ0v) is 11.7. The van der Waals surface area contributed by atoms with Crippen LogP contribution in [0.5, 0.6) is 0 Å². The van der Waals surface area contributed by atoms with Crippen LogP contribution in [0.25, 0.3) is 0 Å².